The van der Waals surface area contributed by atoms with Gasteiger partial charge in [-0.25, -0.2) is 0 Å². The molecule has 0 saturated carbocycles. The van der Waals surface area contributed by atoms with Crippen molar-refractivity contribution in [3.8, 4) is 0 Å². The van der Waals surface area contributed by atoms with E-state index in [1.807, 2.05) is 26.0 Å². The molecule has 0 fully saturated rings. The molecule has 0 aliphatic rings. The van der Waals surface area contributed by atoms with Crippen LogP contribution in [0.1, 0.15) is 21.6 Å². The minimum absolute atomic E-state index is 0.205. The number of pyridine rings is 1. The number of carbonyl (C=O) groups excluding carboxylic acids is 1. The predicted octanol–water partition coefficient (Wildman–Crippen LogP) is 2.53. The van der Waals surface area contributed by atoms with Gasteiger partial charge in [-0.15, -0.1) is 0 Å². The Morgan fingerprint density at radius 1 is 1.22 bits per heavy atom. The van der Waals surface area contributed by atoms with Gasteiger partial charge in [-0.3, -0.25) is 9.78 Å². The van der Waals surface area contributed by atoms with E-state index in [0.29, 0.717) is 16.9 Å². The van der Waals surface area contributed by atoms with Gasteiger partial charge in [-0.2, -0.15) is 0 Å². The van der Waals surface area contributed by atoms with Gasteiger partial charge in [-0.05, 0) is 37.6 Å². The van der Waals surface area contributed by atoms with Crippen LogP contribution in [0.15, 0.2) is 36.5 Å². The Bertz CT molecular complexity index is 556. The third-order valence-corrected chi connectivity index (χ3v) is 2.72. The molecule has 0 saturated heterocycles. The first-order valence-electron chi connectivity index (χ1n) is 5.67. The van der Waals surface area contributed by atoms with Crippen LogP contribution in [-0.2, 0) is 0 Å². The third kappa shape index (κ3) is 2.48. The van der Waals surface area contributed by atoms with Gasteiger partial charge in [0, 0.05) is 11.9 Å². The highest BCUT2D eigenvalue weighted by Gasteiger charge is 2.09. The summed E-state index contributed by atoms with van der Waals surface area (Å²) >= 11 is 0. The van der Waals surface area contributed by atoms with Gasteiger partial charge in [-0.1, -0.05) is 12.1 Å². The second-order valence-electron chi connectivity index (χ2n) is 4.18. The van der Waals surface area contributed by atoms with Gasteiger partial charge in [0.2, 0.25) is 0 Å². The standard InChI is InChI=1S/C14H15N3O/c1-9-4-3-5-12(15)13(9)17-14(18)11-7-6-10(2)16-8-11/h3-8H,15H2,1-2H3,(H,17,18). The van der Waals surface area contributed by atoms with E-state index in [2.05, 4.69) is 10.3 Å². The maximum atomic E-state index is 12.0. The molecule has 18 heavy (non-hydrogen) atoms. The molecule has 3 N–H and O–H groups in total. The number of anilines is 2. The topological polar surface area (TPSA) is 68.0 Å². The average Bonchev–Trinajstić information content (AvgIpc) is 2.34. The molecule has 0 aliphatic carbocycles. The maximum absolute atomic E-state index is 12.0. The number of nitrogen functional groups attached to an aromatic ring is 1. The number of nitrogens with two attached hydrogens (primary N) is 1. The van der Waals surface area contributed by atoms with Crippen LogP contribution in [0.4, 0.5) is 11.4 Å². The minimum atomic E-state index is -0.205. The van der Waals surface area contributed by atoms with Gasteiger partial charge in [0.1, 0.15) is 0 Å². The Labute approximate surface area is 106 Å². The summed E-state index contributed by atoms with van der Waals surface area (Å²) in [6.45, 7) is 3.78. The SMILES string of the molecule is Cc1ccc(C(=O)Nc2c(C)cccc2N)cn1. The highest BCUT2D eigenvalue weighted by Crippen LogP contribution is 2.23. The summed E-state index contributed by atoms with van der Waals surface area (Å²) < 4.78 is 0. The number of benzene rings is 1. The van der Waals surface area contributed by atoms with Crippen molar-refractivity contribution in [2.24, 2.45) is 0 Å². The molecule has 1 amide bonds. The lowest BCUT2D eigenvalue weighted by Gasteiger charge is -2.10. The molecule has 0 atom stereocenters. The number of rotatable bonds is 2. The van der Waals surface area contributed by atoms with E-state index in [1.54, 1.807) is 24.4 Å². The van der Waals surface area contributed by atoms with Gasteiger partial charge in [0.05, 0.1) is 16.9 Å². The van der Waals surface area contributed by atoms with Crippen molar-refractivity contribution >= 4 is 17.3 Å². The third-order valence-electron chi connectivity index (χ3n) is 2.72. The molecular weight excluding hydrogens is 226 g/mol. The zero-order chi connectivity index (χ0) is 13.1. The van der Waals surface area contributed by atoms with Crippen LogP contribution >= 0.6 is 0 Å². The van der Waals surface area contributed by atoms with Crippen LogP contribution in [-0.4, -0.2) is 10.9 Å². The summed E-state index contributed by atoms with van der Waals surface area (Å²) in [6, 6.07) is 9.06. The maximum Gasteiger partial charge on any atom is 0.257 e. The van der Waals surface area contributed by atoms with E-state index >= 15 is 0 Å². The highest BCUT2D eigenvalue weighted by molar-refractivity contribution is 6.06. The molecule has 4 heteroatoms. The van der Waals surface area contributed by atoms with Crippen molar-refractivity contribution in [1.29, 1.82) is 0 Å². The molecule has 2 rings (SSSR count). The molecular formula is C14H15N3O. The summed E-state index contributed by atoms with van der Waals surface area (Å²) in [5, 5.41) is 2.81. The first-order valence-corrected chi connectivity index (χ1v) is 5.67. The molecule has 0 spiro atoms. The van der Waals surface area contributed by atoms with Crippen molar-refractivity contribution in [2.75, 3.05) is 11.1 Å². The first-order chi connectivity index (χ1) is 8.58. The summed E-state index contributed by atoms with van der Waals surface area (Å²) in [6.07, 6.45) is 1.55. The number of carbonyl (C=O) groups is 1. The summed E-state index contributed by atoms with van der Waals surface area (Å²) in [7, 11) is 0. The van der Waals surface area contributed by atoms with Crippen LogP contribution in [0.2, 0.25) is 0 Å². The van der Waals surface area contributed by atoms with E-state index in [4.69, 9.17) is 5.73 Å². The van der Waals surface area contributed by atoms with Crippen LogP contribution in [0.3, 0.4) is 0 Å². The monoisotopic (exact) mass is 241 g/mol. The molecule has 2 aromatic rings. The molecule has 0 bridgehead atoms. The molecule has 0 aliphatic heterocycles. The summed E-state index contributed by atoms with van der Waals surface area (Å²) in [4.78, 5) is 16.1. The first kappa shape index (κ1) is 12.1. The summed E-state index contributed by atoms with van der Waals surface area (Å²) in [5.41, 5.74) is 9.38. The van der Waals surface area contributed by atoms with E-state index in [1.165, 1.54) is 0 Å². The number of para-hydroxylation sites is 1. The van der Waals surface area contributed by atoms with Gasteiger partial charge >= 0.3 is 0 Å². The van der Waals surface area contributed by atoms with Gasteiger partial charge in [0.25, 0.3) is 5.91 Å². The van der Waals surface area contributed by atoms with E-state index in [9.17, 15) is 4.79 Å². The Balaban J connectivity index is 2.24. The molecule has 0 radical (unpaired) electrons. The predicted molar refractivity (Wildman–Crippen MR) is 72.5 cm³/mol. The zero-order valence-electron chi connectivity index (χ0n) is 10.4. The quantitative estimate of drug-likeness (QED) is 0.794. The fourth-order valence-corrected chi connectivity index (χ4v) is 1.65. The lowest BCUT2D eigenvalue weighted by molar-refractivity contribution is 0.102. The molecule has 0 unspecified atom stereocenters. The van der Waals surface area contributed by atoms with E-state index in [-0.39, 0.29) is 5.91 Å². The average molecular weight is 241 g/mol. The number of hydrogen-bond acceptors (Lipinski definition) is 3. The van der Waals surface area contributed by atoms with E-state index < -0.39 is 0 Å². The largest absolute Gasteiger partial charge is 0.397 e. The van der Waals surface area contributed by atoms with Crippen LogP contribution < -0.4 is 11.1 Å². The van der Waals surface area contributed by atoms with Crippen molar-refractivity contribution in [2.45, 2.75) is 13.8 Å². The normalized spacial score (nSPS) is 10.1. The Morgan fingerprint density at radius 2 is 2.00 bits per heavy atom. The highest BCUT2D eigenvalue weighted by atomic mass is 16.1. The van der Waals surface area contributed by atoms with Gasteiger partial charge < -0.3 is 11.1 Å². The lowest BCUT2D eigenvalue weighted by Crippen LogP contribution is -2.14. The molecule has 4 nitrogen and oxygen atoms in total. The zero-order valence-corrected chi connectivity index (χ0v) is 10.4. The number of hydrogen-bond donors (Lipinski definition) is 2. The minimum Gasteiger partial charge on any atom is -0.397 e. The Hall–Kier alpha value is -2.36. The van der Waals surface area contributed by atoms with Crippen molar-refractivity contribution in [1.82, 2.24) is 4.98 Å². The van der Waals surface area contributed by atoms with Crippen molar-refractivity contribution < 1.29 is 4.79 Å². The second kappa shape index (κ2) is 4.87. The number of nitrogens with one attached hydrogen (secondary N) is 1. The number of aryl methyl sites for hydroxylation is 2. The molecule has 1 heterocycles. The van der Waals surface area contributed by atoms with Crippen molar-refractivity contribution in [3.63, 3.8) is 0 Å². The van der Waals surface area contributed by atoms with Crippen LogP contribution in [0.5, 0.6) is 0 Å². The number of nitrogens with zero attached hydrogens (tertiary/aromatic N) is 1. The fourth-order valence-electron chi connectivity index (χ4n) is 1.65. The second-order valence-corrected chi connectivity index (χ2v) is 4.18. The van der Waals surface area contributed by atoms with Crippen LogP contribution in [0.25, 0.3) is 0 Å². The van der Waals surface area contributed by atoms with Crippen LogP contribution in [0, 0.1) is 13.8 Å². The molecule has 92 valence electrons. The number of aromatic nitrogens is 1. The Morgan fingerprint density at radius 3 is 2.61 bits per heavy atom. The smallest absolute Gasteiger partial charge is 0.257 e. The Kier molecular flexibility index (Phi) is 3.28. The molecule has 1 aromatic carbocycles. The lowest BCUT2D eigenvalue weighted by atomic mass is 10.1. The fraction of sp³-hybridized carbons (Fsp3) is 0.143. The van der Waals surface area contributed by atoms with E-state index in [0.717, 1.165) is 11.3 Å². The summed E-state index contributed by atoms with van der Waals surface area (Å²) in [5.74, 6) is -0.205. The number of amides is 1. The molecule has 1 aromatic heterocycles. The van der Waals surface area contributed by atoms with Crippen molar-refractivity contribution in [3.05, 3.63) is 53.3 Å². The van der Waals surface area contributed by atoms with Gasteiger partial charge in [0.15, 0.2) is 0 Å².